The molecule has 12 heteroatoms. The molecule has 0 saturated heterocycles. The third-order valence-electron chi connectivity index (χ3n) is 5.24. The average Bonchev–Trinajstić information content (AvgIpc) is 3.58. The number of hydrogen-bond donors (Lipinski definition) is 2. The zero-order chi connectivity index (χ0) is 23.0. The summed E-state index contributed by atoms with van der Waals surface area (Å²) in [5, 5.41) is 13.3. The summed E-state index contributed by atoms with van der Waals surface area (Å²) in [6.07, 6.45) is -3.28. The molecule has 0 bridgehead atoms. The van der Waals surface area contributed by atoms with E-state index in [1.807, 2.05) is 11.4 Å². The van der Waals surface area contributed by atoms with Gasteiger partial charge in [-0.25, -0.2) is 17.2 Å². The molecule has 0 aromatic heterocycles. The summed E-state index contributed by atoms with van der Waals surface area (Å²) < 4.78 is 93.7. The van der Waals surface area contributed by atoms with E-state index >= 15 is 0 Å². The second kappa shape index (κ2) is 8.35. The molecule has 0 heterocycles. The zero-order valence-electron chi connectivity index (χ0n) is 16.2. The first kappa shape index (κ1) is 23.4. The summed E-state index contributed by atoms with van der Waals surface area (Å²) in [7, 11) is -3.94. The smallest absolute Gasteiger partial charge is 0.336 e. The van der Waals surface area contributed by atoms with Crippen molar-refractivity contribution in [2.24, 2.45) is 5.92 Å². The van der Waals surface area contributed by atoms with Crippen LogP contribution in [0.3, 0.4) is 0 Å². The number of halogens is 5. The van der Waals surface area contributed by atoms with E-state index in [4.69, 9.17) is 5.26 Å². The van der Waals surface area contributed by atoms with Crippen molar-refractivity contribution in [3.05, 3.63) is 35.4 Å². The Morgan fingerprint density at radius 3 is 2.42 bits per heavy atom. The van der Waals surface area contributed by atoms with Gasteiger partial charge in [-0.2, -0.15) is 18.4 Å². The van der Waals surface area contributed by atoms with E-state index in [0.717, 1.165) is 6.07 Å². The van der Waals surface area contributed by atoms with Gasteiger partial charge in [-0.3, -0.25) is 10.1 Å². The molecular weight excluding hydrogens is 445 g/mol. The molecule has 2 saturated carbocycles. The second-order valence-corrected chi connectivity index (χ2v) is 10.2. The number of alkyl halides is 3. The summed E-state index contributed by atoms with van der Waals surface area (Å²) in [6, 6.07) is -0.714. The monoisotopic (exact) mass is 465 g/mol. The third kappa shape index (κ3) is 5.92. The van der Waals surface area contributed by atoms with Gasteiger partial charge in [-0.05, 0) is 37.7 Å². The highest BCUT2D eigenvalue weighted by Crippen LogP contribution is 2.37. The number of nitrogens with one attached hydrogen (secondary N) is 2. The van der Waals surface area contributed by atoms with Crippen LogP contribution in [0.15, 0.2) is 18.2 Å². The van der Waals surface area contributed by atoms with Crippen LogP contribution < -0.4 is 10.6 Å². The Bertz CT molecular complexity index is 998. The van der Waals surface area contributed by atoms with Gasteiger partial charge in [0.25, 0.3) is 0 Å². The molecule has 6 nitrogen and oxygen atoms in total. The summed E-state index contributed by atoms with van der Waals surface area (Å²) in [5.41, 5.74) is -2.36. The summed E-state index contributed by atoms with van der Waals surface area (Å²) in [4.78, 5) is 12.7. The summed E-state index contributed by atoms with van der Waals surface area (Å²) in [6.45, 7) is 0. The van der Waals surface area contributed by atoms with Crippen molar-refractivity contribution in [1.29, 1.82) is 5.26 Å². The fourth-order valence-corrected chi connectivity index (χ4v) is 5.13. The van der Waals surface area contributed by atoms with Crippen LogP contribution in [-0.4, -0.2) is 43.6 Å². The minimum Gasteiger partial charge on any atom is -0.336 e. The van der Waals surface area contributed by atoms with Gasteiger partial charge in [-0.1, -0.05) is 12.1 Å². The Morgan fingerprint density at radius 1 is 1.26 bits per heavy atom. The van der Waals surface area contributed by atoms with Gasteiger partial charge in [-0.15, -0.1) is 0 Å². The molecule has 2 atom stereocenters. The first-order valence-electron chi connectivity index (χ1n) is 9.56. The molecule has 3 rings (SSSR count). The van der Waals surface area contributed by atoms with E-state index in [1.165, 1.54) is 0 Å². The predicted molar refractivity (Wildman–Crippen MR) is 99.2 cm³/mol. The van der Waals surface area contributed by atoms with E-state index in [1.54, 1.807) is 0 Å². The number of benzene rings is 1. The van der Waals surface area contributed by atoms with Crippen LogP contribution >= 0.6 is 0 Å². The molecule has 1 amide bonds. The summed E-state index contributed by atoms with van der Waals surface area (Å²) in [5.74, 6) is -5.76. The van der Waals surface area contributed by atoms with Crippen LogP contribution in [-0.2, 0) is 14.6 Å². The minimum atomic E-state index is -5.17. The lowest BCUT2D eigenvalue weighted by atomic mass is 10.0. The van der Waals surface area contributed by atoms with Crippen molar-refractivity contribution in [3.8, 4) is 6.07 Å². The van der Waals surface area contributed by atoms with Crippen molar-refractivity contribution >= 4 is 15.7 Å². The molecule has 31 heavy (non-hydrogen) atoms. The van der Waals surface area contributed by atoms with E-state index in [0.29, 0.717) is 25.0 Å². The van der Waals surface area contributed by atoms with Gasteiger partial charge < -0.3 is 5.32 Å². The molecule has 2 fully saturated rings. The van der Waals surface area contributed by atoms with Crippen LogP contribution in [0.1, 0.15) is 37.3 Å². The Hall–Kier alpha value is -2.26. The van der Waals surface area contributed by atoms with Gasteiger partial charge in [0.15, 0.2) is 21.5 Å². The molecule has 0 radical (unpaired) electrons. The van der Waals surface area contributed by atoms with E-state index in [-0.39, 0.29) is 24.5 Å². The molecule has 2 aliphatic carbocycles. The molecule has 2 N–H and O–H groups in total. The largest absolute Gasteiger partial charge is 0.408 e. The number of nitriles is 1. The molecule has 2 aliphatic rings. The Balaban J connectivity index is 1.91. The number of nitrogens with zero attached hydrogens (tertiary/aromatic N) is 1. The van der Waals surface area contributed by atoms with Crippen molar-refractivity contribution in [3.63, 3.8) is 0 Å². The highest BCUT2D eigenvalue weighted by atomic mass is 32.2. The molecule has 1 aromatic rings. The fourth-order valence-electron chi connectivity index (χ4n) is 3.18. The number of amides is 1. The van der Waals surface area contributed by atoms with Crippen molar-refractivity contribution in [1.82, 2.24) is 10.6 Å². The van der Waals surface area contributed by atoms with Crippen molar-refractivity contribution in [2.75, 3.05) is 11.5 Å². The standard InChI is InChI=1S/C19H20F5N3O3S/c20-13-3-1-2-12(15(13)21)16(19(22,23)24)26-14(9-31(29,30)8-11-4-5-11)17(28)27-18(10-25)6-7-18/h1-3,11,14,16,26H,4-9H2,(H,27,28)/t14-,16-/m0/s1. The maximum atomic E-state index is 14.1. The van der Waals surface area contributed by atoms with Crippen molar-refractivity contribution in [2.45, 2.75) is 49.5 Å². The third-order valence-corrected chi connectivity index (χ3v) is 7.06. The van der Waals surface area contributed by atoms with Crippen molar-refractivity contribution < 1.29 is 35.2 Å². The van der Waals surface area contributed by atoms with E-state index < -0.39 is 62.5 Å². The molecular formula is C19H20F5N3O3S. The van der Waals surface area contributed by atoms with Gasteiger partial charge in [0.1, 0.15) is 17.6 Å². The van der Waals surface area contributed by atoms with Gasteiger partial charge in [0, 0.05) is 5.56 Å². The lowest BCUT2D eigenvalue weighted by molar-refractivity contribution is -0.161. The number of rotatable bonds is 9. The maximum absolute atomic E-state index is 14.1. The lowest BCUT2D eigenvalue weighted by Crippen LogP contribution is -2.54. The Labute approximate surface area is 175 Å². The van der Waals surface area contributed by atoms with Gasteiger partial charge in [0.2, 0.25) is 5.91 Å². The van der Waals surface area contributed by atoms with E-state index in [9.17, 15) is 35.2 Å². The number of sulfone groups is 1. The van der Waals surface area contributed by atoms with Crippen LogP contribution in [0.2, 0.25) is 0 Å². The number of hydrogen-bond acceptors (Lipinski definition) is 5. The highest BCUT2D eigenvalue weighted by molar-refractivity contribution is 7.91. The predicted octanol–water partition coefficient (Wildman–Crippen LogP) is 2.52. The van der Waals surface area contributed by atoms with Crippen LogP contribution in [0.25, 0.3) is 0 Å². The minimum absolute atomic E-state index is 0.110. The topological polar surface area (TPSA) is 99.1 Å². The quantitative estimate of drug-likeness (QED) is 0.546. The van der Waals surface area contributed by atoms with Crippen LogP contribution in [0.4, 0.5) is 22.0 Å². The lowest BCUT2D eigenvalue weighted by Gasteiger charge is -2.28. The maximum Gasteiger partial charge on any atom is 0.408 e. The fraction of sp³-hybridized carbons (Fsp3) is 0.579. The van der Waals surface area contributed by atoms with Crippen LogP contribution in [0, 0.1) is 28.9 Å². The van der Waals surface area contributed by atoms with E-state index in [2.05, 4.69) is 5.32 Å². The molecule has 0 spiro atoms. The highest BCUT2D eigenvalue weighted by Gasteiger charge is 2.49. The average molecular weight is 465 g/mol. The first-order chi connectivity index (χ1) is 14.4. The van der Waals surface area contributed by atoms with Crippen LogP contribution in [0.5, 0.6) is 0 Å². The molecule has 0 unspecified atom stereocenters. The second-order valence-electron chi connectivity index (χ2n) is 8.04. The Kier molecular flexibility index (Phi) is 6.30. The molecule has 0 aliphatic heterocycles. The number of carbonyl (C=O) groups is 1. The number of carbonyl (C=O) groups excluding carboxylic acids is 1. The molecule has 170 valence electrons. The summed E-state index contributed by atoms with van der Waals surface area (Å²) >= 11 is 0. The SMILES string of the molecule is N#CC1(NC(=O)[C@H](CS(=O)(=O)CC2CC2)N[C@@H](c2cccc(F)c2F)C(F)(F)F)CC1. The normalized spacial score (nSPS) is 19.9. The Morgan fingerprint density at radius 2 is 1.90 bits per heavy atom. The molecule has 1 aromatic carbocycles. The van der Waals surface area contributed by atoms with Gasteiger partial charge >= 0.3 is 6.18 Å². The zero-order valence-corrected chi connectivity index (χ0v) is 17.0. The first-order valence-corrected chi connectivity index (χ1v) is 11.4. The van der Waals surface area contributed by atoms with Gasteiger partial charge in [0.05, 0.1) is 17.6 Å².